The summed E-state index contributed by atoms with van der Waals surface area (Å²) in [6, 6.07) is 4.04. The van der Waals surface area contributed by atoms with Crippen LogP contribution in [0.3, 0.4) is 0 Å². The lowest BCUT2D eigenvalue weighted by molar-refractivity contribution is -0.122. The molecule has 0 bridgehead atoms. The summed E-state index contributed by atoms with van der Waals surface area (Å²) in [7, 11) is 1.83. The maximum absolute atomic E-state index is 10.1. The molecule has 2 N–H and O–H groups in total. The summed E-state index contributed by atoms with van der Waals surface area (Å²) in [5.41, 5.74) is 1.87. The first-order chi connectivity index (χ1) is 9.21. The highest BCUT2D eigenvalue weighted by Crippen LogP contribution is 2.38. The van der Waals surface area contributed by atoms with Crippen LogP contribution in [0.25, 0.3) is 0 Å². The van der Waals surface area contributed by atoms with Gasteiger partial charge in [-0.15, -0.1) is 0 Å². The predicted octanol–water partition coefficient (Wildman–Crippen LogP) is 1.86. The van der Waals surface area contributed by atoms with E-state index in [1.165, 1.54) is 0 Å². The smallest absolute Gasteiger partial charge is 0.0985 e. The van der Waals surface area contributed by atoms with E-state index in [-0.39, 0.29) is 12.2 Å². The van der Waals surface area contributed by atoms with Crippen LogP contribution in [0.2, 0.25) is 0 Å². The number of nitrogens with one attached hydrogen (secondary N) is 1. The van der Waals surface area contributed by atoms with Crippen LogP contribution in [-0.4, -0.2) is 29.3 Å². The minimum absolute atomic E-state index is 0.199. The molecule has 0 radical (unpaired) electrons. The van der Waals surface area contributed by atoms with E-state index in [1.807, 2.05) is 20.0 Å². The Kier molecular flexibility index (Phi) is 4.35. The Hall–Kier alpha value is -1.64. The lowest BCUT2D eigenvalue weighted by Crippen LogP contribution is -2.40. The SMILES string of the molecule is CCC1OC(c2ccncc2NC)CC(O)C1C#N. The highest BCUT2D eigenvalue weighted by Gasteiger charge is 2.38. The number of nitriles is 1. The van der Waals surface area contributed by atoms with Crippen molar-refractivity contribution in [3.63, 3.8) is 0 Å². The fraction of sp³-hybridized carbons (Fsp3) is 0.571. The van der Waals surface area contributed by atoms with Gasteiger partial charge < -0.3 is 15.2 Å². The van der Waals surface area contributed by atoms with Crippen molar-refractivity contribution < 1.29 is 9.84 Å². The summed E-state index contributed by atoms with van der Waals surface area (Å²) in [6.07, 6.45) is 3.53. The maximum atomic E-state index is 10.1. The Labute approximate surface area is 113 Å². The predicted molar refractivity (Wildman–Crippen MR) is 71.4 cm³/mol. The van der Waals surface area contributed by atoms with E-state index in [0.717, 1.165) is 11.3 Å². The molecule has 4 atom stereocenters. The third-order valence-electron chi connectivity index (χ3n) is 3.63. The van der Waals surface area contributed by atoms with Crippen molar-refractivity contribution in [2.24, 2.45) is 5.92 Å². The third-order valence-corrected chi connectivity index (χ3v) is 3.63. The summed E-state index contributed by atoms with van der Waals surface area (Å²) in [5.74, 6) is -0.443. The van der Waals surface area contributed by atoms with Gasteiger partial charge in [-0.1, -0.05) is 6.92 Å². The average Bonchev–Trinajstić information content (AvgIpc) is 2.46. The maximum Gasteiger partial charge on any atom is 0.0985 e. The quantitative estimate of drug-likeness (QED) is 0.868. The number of aliphatic hydroxyl groups is 1. The molecule has 1 aromatic rings. The Morgan fingerprint density at radius 2 is 2.42 bits per heavy atom. The molecule has 4 unspecified atom stereocenters. The van der Waals surface area contributed by atoms with E-state index in [1.54, 1.807) is 12.4 Å². The highest BCUT2D eigenvalue weighted by atomic mass is 16.5. The molecular formula is C14H19N3O2. The van der Waals surface area contributed by atoms with Crippen LogP contribution in [0.1, 0.15) is 31.4 Å². The minimum Gasteiger partial charge on any atom is -0.392 e. The molecule has 0 saturated carbocycles. The Morgan fingerprint density at radius 3 is 3.05 bits per heavy atom. The van der Waals surface area contributed by atoms with Crippen LogP contribution in [-0.2, 0) is 4.74 Å². The van der Waals surface area contributed by atoms with Crippen LogP contribution in [0, 0.1) is 17.2 Å². The molecule has 1 aliphatic heterocycles. The second-order valence-corrected chi connectivity index (χ2v) is 4.74. The van der Waals surface area contributed by atoms with E-state index >= 15 is 0 Å². The van der Waals surface area contributed by atoms with Gasteiger partial charge in [-0.2, -0.15) is 5.26 Å². The van der Waals surface area contributed by atoms with Crippen molar-refractivity contribution in [1.82, 2.24) is 4.98 Å². The average molecular weight is 261 g/mol. The van der Waals surface area contributed by atoms with Crippen molar-refractivity contribution in [3.8, 4) is 6.07 Å². The number of aliphatic hydroxyl groups excluding tert-OH is 1. The van der Waals surface area contributed by atoms with Gasteiger partial charge >= 0.3 is 0 Å². The fourth-order valence-corrected chi connectivity index (χ4v) is 2.58. The number of rotatable bonds is 3. The lowest BCUT2D eigenvalue weighted by Gasteiger charge is -2.37. The molecule has 5 nitrogen and oxygen atoms in total. The van der Waals surface area contributed by atoms with Crippen LogP contribution in [0.5, 0.6) is 0 Å². The summed E-state index contributed by atoms with van der Waals surface area (Å²) in [4.78, 5) is 4.07. The van der Waals surface area contributed by atoms with Gasteiger partial charge in [0.1, 0.15) is 0 Å². The van der Waals surface area contributed by atoms with E-state index in [2.05, 4.69) is 16.4 Å². The molecule has 19 heavy (non-hydrogen) atoms. The molecule has 1 fully saturated rings. The Bertz CT molecular complexity index is 472. The first-order valence-electron chi connectivity index (χ1n) is 6.56. The molecule has 0 spiro atoms. The lowest BCUT2D eigenvalue weighted by atomic mass is 9.86. The highest BCUT2D eigenvalue weighted by molar-refractivity contribution is 5.49. The largest absolute Gasteiger partial charge is 0.392 e. The fourth-order valence-electron chi connectivity index (χ4n) is 2.58. The number of hydrogen-bond donors (Lipinski definition) is 2. The van der Waals surface area contributed by atoms with Crippen molar-refractivity contribution in [2.75, 3.05) is 12.4 Å². The number of pyridine rings is 1. The Balaban J connectivity index is 2.25. The van der Waals surface area contributed by atoms with Gasteiger partial charge in [0, 0.05) is 25.2 Å². The van der Waals surface area contributed by atoms with Gasteiger partial charge in [0.05, 0.1) is 42.2 Å². The molecule has 0 aromatic carbocycles. The van der Waals surface area contributed by atoms with Crippen LogP contribution >= 0.6 is 0 Å². The van der Waals surface area contributed by atoms with E-state index in [0.29, 0.717) is 12.8 Å². The van der Waals surface area contributed by atoms with Crippen molar-refractivity contribution >= 4 is 5.69 Å². The summed E-state index contributed by atoms with van der Waals surface area (Å²) in [6.45, 7) is 1.97. The first kappa shape index (κ1) is 13.8. The van der Waals surface area contributed by atoms with Crippen LogP contribution in [0.4, 0.5) is 5.69 Å². The number of anilines is 1. The number of aromatic nitrogens is 1. The van der Waals surface area contributed by atoms with Gasteiger partial charge in [-0.3, -0.25) is 4.98 Å². The second kappa shape index (κ2) is 6.00. The molecule has 2 heterocycles. The molecule has 1 aliphatic rings. The minimum atomic E-state index is -0.647. The monoisotopic (exact) mass is 261 g/mol. The summed E-state index contributed by atoms with van der Waals surface area (Å²) in [5, 5.41) is 22.3. The molecular weight excluding hydrogens is 242 g/mol. The zero-order valence-electron chi connectivity index (χ0n) is 11.2. The topological polar surface area (TPSA) is 78.2 Å². The van der Waals surface area contributed by atoms with E-state index in [4.69, 9.17) is 10.00 Å². The first-order valence-corrected chi connectivity index (χ1v) is 6.56. The molecule has 2 rings (SSSR count). The number of nitrogens with zero attached hydrogens (tertiary/aromatic N) is 2. The molecule has 5 heteroatoms. The van der Waals surface area contributed by atoms with Gasteiger partial charge in [0.15, 0.2) is 0 Å². The van der Waals surface area contributed by atoms with Gasteiger partial charge in [0.25, 0.3) is 0 Å². The van der Waals surface area contributed by atoms with E-state index in [9.17, 15) is 5.11 Å². The number of hydrogen-bond acceptors (Lipinski definition) is 5. The molecule has 0 aliphatic carbocycles. The molecule has 102 valence electrons. The van der Waals surface area contributed by atoms with Crippen molar-refractivity contribution in [1.29, 1.82) is 5.26 Å². The van der Waals surface area contributed by atoms with E-state index < -0.39 is 12.0 Å². The normalized spacial score (nSPS) is 30.6. The van der Waals surface area contributed by atoms with Crippen LogP contribution in [0.15, 0.2) is 18.5 Å². The van der Waals surface area contributed by atoms with Gasteiger partial charge in [0.2, 0.25) is 0 Å². The zero-order valence-corrected chi connectivity index (χ0v) is 11.2. The zero-order chi connectivity index (χ0) is 13.8. The van der Waals surface area contributed by atoms with Gasteiger partial charge in [-0.25, -0.2) is 0 Å². The molecule has 1 aromatic heterocycles. The Morgan fingerprint density at radius 1 is 1.63 bits per heavy atom. The van der Waals surface area contributed by atoms with Crippen LogP contribution < -0.4 is 5.32 Å². The number of ether oxygens (including phenoxy) is 1. The molecule has 0 amide bonds. The second-order valence-electron chi connectivity index (χ2n) is 4.74. The third kappa shape index (κ3) is 2.70. The molecule has 1 saturated heterocycles. The van der Waals surface area contributed by atoms with Crippen molar-refractivity contribution in [2.45, 2.75) is 38.1 Å². The summed E-state index contributed by atoms with van der Waals surface area (Å²) >= 11 is 0. The van der Waals surface area contributed by atoms with Gasteiger partial charge in [-0.05, 0) is 12.5 Å². The standard InChI is InChI=1S/C14H19N3O2/c1-3-13-10(7-15)12(18)6-14(19-13)9-4-5-17-8-11(9)16-2/h4-5,8,10,12-14,16,18H,3,6H2,1-2H3. The summed E-state index contributed by atoms with van der Waals surface area (Å²) < 4.78 is 5.99. The van der Waals surface area contributed by atoms with Crippen molar-refractivity contribution in [3.05, 3.63) is 24.0 Å².